The predicted molar refractivity (Wildman–Crippen MR) is 103 cm³/mol. The third-order valence-electron chi connectivity index (χ3n) is 3.47. The molecule has 2 aromatic rings. The highest BCUT2D eigenvalue weighted by atomic mass is 19.4. The van der Waals surface area contributed by atoms with Crippen LogP contribution in [-0.4, -0.2) is 40.8 Å². The SMILES string of the molecule is CC(C)(F)COc1cc(OCC(C)(F)F)nc(NC(=O)Nc2ccc(C(F)(F)F)c(F)c2)n1. The number of amides is 2. The molecule has 1 aromatic heterocycles. The molecule has 0 saturated heterocycles. The van der Waals surface area contributed by atoms with Gasteiger partial charge in [0.05, 0.1) is 11.6 Å². The van der Waals surface area contributed by atoms with Crippen LogP contribution in [0.25, 0.3) is 0 Å². The molecule has 0 aliphatic rings. The van der Waals surface area contributed by atoms with E-state index in [0.29, 0.717) is 19.1 Å². The molecule has 182 valence electrons. The van der Waals surface area contributed by atoms with E-state index in [4.69, 9.17) is 9.47 Å². The number of carbonyl (C=O) groups excluding carboxylic acids is 1. The van der Waals surface area contributed by atoms with Crippen LogP contribution in [-0.2, 0) is 6.18 Å². The Bertz CT molecular complexity index is 953. The van der Waals surface area contributed by atoms with Crippen molar-refractivity contribution in [3.63, 3.8) is 0 Å². The summed E-state index contributed by atoms with van der Waals surface area (Å²) >= 11 is 0. The third kappa shape index (κ3) is 8.98. The third-order valence-corrected chi connectivity index (χ3v) is 3.47. The van der Waals surface area contributed by atoms with Crippen LogP contribution in [0.4, 0.5) is 47.2 Å². The first-order valence-electron chi connectivity index (χ1n) is 9.18. The number of carbonyl (C=O) groups is 1. The number of hydrogen-bond donors (Lipinski definition) is 2. The van der Waals surface area contributed by atoms with Crippen LogP contribution < -0.4 is 20.1 Å². The summed E-state index contributed by atoms with van der Waals surface area (Å²) in [7, 11) is 0. The van der Waals surface area contributed by atoms with Gasteiger partial charge in [-0.15, -0.1) is 0 Å². The molecule has 1 aromatic carbocycles. The van der Waals surface area contributed by atoms with Gasteiger partial charge in [-0.1, -0.05) is 0 Å². The molecule has 1 heterocycles. The molecule has 0 aliphatic carbocycles. The molecular weight excluding hydrogens is 465 g/mol. The van der Waals surface area contributed by atoms with E-state index in [9.17, 15) is 35.5 Å². The van der Waals surface area contributed by atoms with Crippen molar-refractivity contribution in [1.82, 2.24) is 9.97 Å². The first-order chi connectivity index (χ1) is 15.0. The van der Waals surface area contributed by atoms with E-state index < -0.39 is 60.2 Å². The maximum absolute atomic E-state index is 13.7. The fourth-order valence-corrected chi connectivity index (χ4v) is 2.14. The van der Waals surface area contributed by atoms with Gasteiger partial charge in [-0.2, -0.15) is 23.1 Å². The lowest BCUT2D eigenvalue weighted by Gasteiger charge is -2.16. The van der Waals surface area contributed by atoms with Gasteiger partial charge in [-0.25, -0.2) is 22.4 Å². The van der Waals surface area contributed by atoms with E-state index in [0.717, 1.165) is 12.1 Å². The molecule has 0 unspecified atom stereocenters. The monoisotopic (exact) mass is 484 g/mol. The number of alkyl halides is 6. The summed E-state index contributed by atoms with van der Waals surface area (Å²) in [5.74, 6) is -6.11. The lowest BCUT2D eigenvalue weighted by Crippen LogP contribution is -2.25. The first kappa shape index (κ1) is 25.9. The summed E-state index contributed by atoms with van der Waals surface area (Å²) in [6.45, 7) is 1.45. The average molecular weight is 484 g/mol. The molecular formula is C19H19F7N4O3. The van der Waals surface area contributed by atoms with Gasteiger partial charge in [0.25, 0.3) is 5.92 Å². The predicted octanol–water partition coefficient (Wildman–Crippen LogP) is 5.44. The van der Waals surface area contributed by atoms with E-state index in [1.165, 1.54) is 13.8 Å². The summed E-state index contributed by atoms with van der Waals surface area (Å²) < 4.78 is 101. The van der Waals surface area contributed by atoms with Crippen LogP contribution in [0.5, 0.6) is 11.8 Å². The quantitative estimate of drug-likeness (QED) is 0.488. The number of nitrogens with zero attached hydrogens (tertiary/aromatic N) is 2. The Morgan fingerprint density at radius 2 is 1.48 bits per heavy atom. The number of nitrogens with one attached hydrogen (secondary N) is 2. The van der Waals surface area contributed by atoms with E-state index in [1.807, 2.05) is 0 Å². The van der Waals surface area contributed by atoms with Crippen molar-refractivity contribution in [2.75, 3.05) is 23.8 Å². The van der Waals surface area contributed by atoms with Crippen molar-refractivity contribution < 1.29 is 45.0 Å². The zero-order valence-corrected chi connectivity index (χ0v) is 17.5. The molecule has 0 fully saturated rings. The lowest BCUT2D eigenvalue weighted by molar-refractivity contribution is -0.139. The van der Waals surface area contributed by atoms with Crippen molar-refractivity contribution in [2.24, 2.45) is 0 Å². The summed E-state index contributed by atoms with van der Waals surface area (Å²) in [5.41, 5.74) is -3.63. The Kier molecular flexibility index (Phi) is 7.60. The van der Waals surface area contributed by atoms with Gasteiger partial charge in [0.2, 0.25) is 17.7 Å². The van der Waals surface area contributed by atoms with Gasteiger partial charge in [0.1, 0.15) is 18.1 Å². The Morgan fingerprint density at radius 1 is 0.909 bits per heavy atom. The van der Waals surface area contributed by atoms with Crippen molar-refractivity contribution in [2.45, 2.75) is 38.5 Å². The minimum absolute atomic E-state index is 0.319. The minimum Gasteiger partial charge on any atom is -0.474 e. The maximum Gasteiger partial charge on any atom is 0.419 e. The molecule has 0 saturated carbocycles. The summed E-state index contributed by atoms with van der Waals surface area (Å²) in [6.07, 6.45) is -4.92. The second kappa shape index (κ2) is 9.67. The molecule has 2 rings (SSSR count). The summed E-state index contributed by atoms with van der Waals surface area (Å²) in [5, 5.41) is 4.13. The molecule has 2 amide bonds. The topological polar surface area (TPSA) is 85.4 Å². The van der Waals surface area contributed by atoms with E-state index >= 15 is 0 Å². The largest absolute Gasteiger partial charge is 0.474 e. The second-order valence-electron chi connectivity index (χ2n) is 7.51. The van der Waals surface area contributed by atoms with Crippen LogP contribution in [0.15, 0.2) is 24.3 Å². The van der Waals surface area contributed by atoms with E-state index in [1.54, 1.807) is 0 Å². The molecule has 0 radical (unpaired) electrons. The van der Waals surface area contributed by atoms with E-state index in [2.05, 4.69) is 20.6 Å². The van der Waals surface area contributed by atoms with Crippen LogP contribution in [0, 0.1) is 5.82 Å². The molecule has 14 heteroatoms. The maximum atomic E-state index is 13.7. The second-order valence-corrected chi connectivity index (χ2v) is 7.51. The zero-order valence-electron chi connectivity index (χ0n) is 17.5. The number of rotatable bonds is 8. The van der Waals surface area contributed by atoms with Crippen LogP contribution in [0.3, 0.4) is 0 Å². The Morgan fingerprint density at radius 3 is 1.97 bits per heavy atom. The Balaban J connectivity index is 2.18. The smallest absolute Gasteiger partial charge is 0.419 e. The normalized spacial score (nSPS) is 12.3. The Hall–Kier alpha value is -3.32. The molecule has 0 aliphatic heterocycles. The number of urea groups is 1. The van der Waals surface area contributed by atoms with Gasteiger partial charge >= 0.3 is 12.2 Å². The lowest BCUT2D eigenvalue weighted by atomic mass is 10.2. The number of halogens is 7. The van der Waals surface area contributed by atoms with Crippen molar-refractivity contribution in [1.29, 1.82) is 0 Å². The van der Waals surface area contributed by atoms with E-state index in [-0.39, 0.29) is 11.6 Å². The fourth-order valence-electron chi connectivity index (χ4n) is 2.14. The van der Waals surface area contributed by atoms with Gasteiger partial charge in [-0.3, -0.25) is 5.32 Å². The Labute approximate surface area is 183 Å². The standard InChI is InChI=1S/C19H19F7N4O3/c1-17(2,21)8-32-13-7-14(33-9-18(3,22)23)29-15(28-13)30-16(31)27-10-4-5-11(12(20)6-10)19(24,25)26/h4-7H,8-9H2,1-3H3,(H2,27,28,29,30,31). The highest BCUT2D eigenvalue weighted by Gasteiger charge is 2.34. The minimum atomic E-state index is -4.92. The molecule has 7 nitrogen and oxygen atoms in total. The highest BCUT2D eigenvalue weighted by Crippen LogP contribution is 2.32. The number of hydrogen-bond acceptors (Lipinski definition) is 5. The number of ether oxygens (including phenoxy) is 2. The molecule has 0 bridgehead atoms. The molecule has 33 heavy (non-hydrogen) atoms. The summed E-state index contributed by atoms with van der Waals surface area (Å²) in [6, 6.07) is 1.58. The number of aromatic nitrogens is 2. The number of benzene rings is 1. The molecule has 2 N–H and O–H groups in total. The zero-order chi connectivity index (χ0) is 25.0. The van der Waals surface area contributed by atoms with Crippen molar-refractivity contribution in [3.05, 3.63) is 35.6 Å². The molecule has 0 atom stereocenters. The van der Waals surface area contributed by atoms with Crippen LogP contribution in [0.1, 0.15) is 26.3 Å². The van der Waals surface area contributed by atoms with Crippen molar-refractivity contribution >= 4 is 17.7 Å². The highest BCUT2D eigenvalue weighted by molar-refractivity contribution is 5.98. The van der Waals surface area contributed by atoms with Gasteiger partial charge in [0.15, 0.2) is 6.61 Å². The van der Waals surface area contributed by atoms with Gasteiger partial charge < -0.3 is 14.8 Å². The fraction of sp³-hybridized carbons (Fsp3) is 0.421. The average Bonchev–Trinajstić information content (AvgIpc) is 2.62. The van der Waals surface area contributed by atoms with Crippen LogP contribution in [0.2, 0.25) is 0 Å². The first-order valence-corrected chi connectivity index (χ1v) is 9.18. The van der Waals surface area contributed by atoms with Gasteiger partial charge in [-0.05, 0) is 32.0 Å². The number of anilines is 2. The van der Waals surface area contributed by atoms with Crippen LogP contribution >= 0.6 is 0 Å². The summed E-state index contributed by atoms with van der Waals surface area (Å²) in [4.78, 5) is 19.6. The molecule has 0 spiro atoms. The van der Waals surface area contributed by atoms with Crippen molar-refractivity contribution in [3.8, 4) is 11.8 Å². The van der Waals surface area contributed by atoms with Gasteiger partial charge in [0, 0.05) is 12.6 Å².